The summed E-state index contributed by atoms with van der Waals surface area (Å²) in [5, 5.41) is 17.5. The number of fused-ring (bicyclic) bond motifs is 1. The van der Waals surface area contributed by atoms with Crippen LogP contribution in [0.5, 0.6) is 0 Å². The van der Waals surface area contributed by atoms with Crippen LogP contribution in [0.4, 0.5) is 0 Å². The third kappa shape index (κ3) is 9.11. The molecular formula is C23H33N5O5S2. The Kier molecular flexibility index (Phi) is 11.9. The van der Waals surface area contributed by atoms with Crippen LogP contribution in [0.3, 0.4) is 0 Å². The molecular weight excluding hydrogens is 490 g/mol. The summed E-state index contributed by atoms with van der Waals surface area (Å²) in [6, 6.07) is 5.05. The summed E-state index contributed by atoms with van der Waals surface area (Å²) >= 11 is 3.02. The quantitative estimate of drug-likeness (QED) is 0.199. The van der Waals surface area contributed by atoms with Gasteiger partial charge in [0.2, 0.25) is 17.7 Å². The first-order valence-corrected chi connectivity index (χ1v) is 13.9. The van der Waals surface area contributed by atoms with Crippen LogP contribution in [0.15, 0.2) is 30.5 Å². The van der Waals surface area contributed by atoms with Gasteiger partial charge in [-0.3, -0.25) is 19.2 Å². The number of H-pyrrole nitrogens is 1. The molecule has 0 saturated carbocycles. The largest absolute Gasteiger partial charge is 0.480 e. The van der Waals surface area contributed by atoms with Crippen LogP contribution in [0.1, 0.15) is 18.4 Å². The number of aliphatic carboxylic acids is 1. The zero-order valence-corrected chi connectivity index (χ0v) is 21.5. The van der Waals surface area contributed by atoms with Gasteiger partial charge in [-0.15, -0.1) is 0 Å². The van der Waals surface area contributed by atoms with Gasteiger partial charge in [0, 0.05) is 17.1 Å². The monoisotopic (exact) mass is 523 g/mol. The maximum atomic E-state index is 13.0. The molecule has 0 aliphatic rings. The number of thioether (sulfide) groups is 2. The minimum Gasteiger partial charge on any atom is -0.480 e. The molecule has 12 heteroatoms. The van der Waals surface area contributed by atoms with E-state index in [1.807, 2.05) is 43.0 Å². The van der Waals surface area contributed by atoms with Crippen molar-refractivity contribution in [2.24, 2.45) is 5.73 Å². The molecule has 3 unspecified atom stereocenters. The molecule has 7 N–H and O–H groups in total. The highest BCUT2D eigenvalue weighted by Crippen LogP contribution is 2.19. The number of hydrogen-bond donors (Lipinski definition) is 6. The Bertz CT molecular complexity index is 1020. The van der Waals surface area contributed by atoms with E-state index in [0.29, 0.717) is 30.8 Å². The molecule has 192 valence electrons. The Balaban J connectivity index is 2.05. The summed E-state index contributed by atoms with van der Waals surface area (Å²) < 4.78 is 0. The first kappa shape index (κ1) is 28.5. The van der Waals surface area contributed by atoms with E-state index in [-0.39, 0.29) is 0 Å². The van der Waals surface area contributed by atoms with Crippen molar-refractivity contribution in [2.45, 2.75) is 37.4 Å². The Morgan fingerprint density at radius 2 is 1.57 bits per heavy atom. The van der Waals surface area contributed by atoms with Gasteiger partial charge in [-0.25, -0.2) is 0 Å². The SMILES string of the molecule is CSCCC(NC(=O)C(N)Cc1c[nH]c2ccccc12)C(=O)NC(CCSC)C(=O)NCC(=O)O. The average molecular weight is 524 g/mol. The van der Waals surface area contributed by atoms with Gasteiger partial charge < -0.3 is 31.8 Å². The zero-order chi connectivity index (χ0) is 25.8. The van der Waals surface area contributed by atoms with Gasteiger partial charge in [0.05, 0.1) is 6.04 Å². The molecule has 0 aliphatic heterocycles. The van der Waals surface area contributed by atoms with Crippen molar-refractivity contribution >= 4 is 58.1 Å². The Morgan fingerprint density at radius 1 is 0.971 bits per heavy atom. The normalized spacial score (nSPS) is 13.6. The van der Waals surface area contributed by atoms with Crippen LogP contribution in [0.25, 0.3) is 10.9 Å². The van der Waals surface area contributed by atoms with Gasteiger partial charge in [0.15, 0.2) is 0 Å². The van der Waals surface area contributed by atoms with Crippen molar-refractivity contribution in [3.8, 4) is 0 Å². The molecule has 1 heterocycles. The average Bonchev–Trinajstić information content (AvgIpc) is 3.25. The van der Waals surface area contributed by atoms with E-state index in [9.17, 15) is 19.2 Å². The lowest BCUT2D eigenvalue weighted by atomic mass is 10.0. The molecule has 3 amide bonds. The Hall–Kier alpha value is -2.70. The van der Waals surface area contributed by atoms with Crippen LogP contribution in [0, 0.1) is 0 Å². The van der Waals surface area contributed by atoms with E-state index in [2.05, 4.69) is 20.9 Å². The van der Waals surface area contributed by atoms with Crippen molar-refractivity contribution in [1.29, 1.82) is 0 Å². The summed E-state index contributed by atoms with van der Waals surface area (Å²) in [5.41, 5.74) is 8.03. The van der Waals surface area contributed by atoms with Crippen molar-refractivity contribution in [3.63, 3.8) is 0 Å². The third-order valence-electron chi connectivity index (χ3n) is 5.35. The number of carbonyl (C=O) groups is 4. The van der Waals surface area contributed by atoms with E-state index < -0.39 is 48.4 Å². The molecule has 1 aromatic heterocycles. The van der Waals surface area contributed by atoms with Gasteiger partial charge in [0.1, 0.15) is 18.6 Å². The molecule has 1 aromatic carbocycles. The fraction of sp³-hybridized carbons (Fsp3) is 0.478. The van der Waals surface area contributed by atoms with Crippen LogP contribution in [-0.4, -0.2) is 82.5 Å². The van der Waals surface area contributed by atoms with Crippen molar-refractivity contribution in [1.82, 2.24) is 20.9 Å². The molecule has 2 rings (SSSR count). The summed E-state index contributed by atoms with van der Waals surface area (Å²) in [6.07, 6.45) is 6.54. The maximum Gasteiger partial charge on any atom is 0.322 e. The Morgan fingerprint density at radius 3 is 2.20 bits per heavy atom. The van der Waals surface area contributed by atoms with Gasteiger partial charge >= 0.3 is 5.97 Å². The summed E-state index contributed by atoms with van der Waals surface area (Å²) in [6.45, 7) is -0.542. The summed E-state index contributed by atoms with van der Waals surface area (Å²) in [5.74, 6) is -1.54. The van der Waals surface area contributed by atoms with Crippen LogP contribution in [-0.2, 0) is 25.6 Å². The second-order valence-corrected chi connectivity index (χ2v) is 9.94. The topological polar surface area (TPSA) is 166 Å². The molecule has 0 aliphatic carbocycles. The number of aromatic amines is 1. The van der Waals surface area contributed by atoms with Gasteiger partial charge in [-0.05, 0) is 54.9 Å². The molecule has 2 aromatic rings. The molecule has 0 radical (unpaired) electrons. The maximum absolute atomic E-state index is 13.0. The molecule has 10 nitrogen and oxygen atoms in total. The van der Waals surface area contributed by atoms with Crippen molar-refractivity contribution in [3.05, 3.63) is 36.0 Å². The predicted octanol–water partition coefficient (Wildman–Crippen LogP) is 0.714. The van der Waals surface area contributed by atoms with Crippen molar-refractivity contribution < 1.29 is 24.3 Å². The second kappa shape index (κ2) is 14.6. The number of aromatic nitrogens is 1. The standard InChI is InChI=1S/C23H33N5O5S2/c1-34-9-7-18(22(32)26-13-20(29)30)28-23(33)19(8-10-35-2)27-21(31)16(24)11-14-12-25-17-6-4-3-5-15(14)17/h3-6,12,16,18-19,25H,7-11,13,24H2,1-2H3,(H,26,32)(H,27,31)(H,28,33)(H,29,30). The fourth-order valence-electron chi connectivity index (χ4n) is 3.48. The molecule has 0 fully saturated rings. The van der Waals surface area contributed by atoms with Gasteiger partial charge in [0.25, 0.3) is 0 Å². The molecule has 0 bridgehead atoms. The van der Waals surface area contributed by atoms with Crippen molar-refractivity contribution in [2.75, 3.05) is 30.6 Å². The fourth-order valence-corrected chi connectivity index (χ4v) is 4.42. The first-order chi connectivity index (χ1) is 16.8. The van der Waals surface area contributed by atoms with Crippen LogP contribution >= 0.6 is 23.5 Å². The highest BCUT2D eigenvalue weighted by molar-refractivity contribution is 7.98. The number of nitrogens with one attached hydrogen (secondary N) is 4. The minimum absolute atomic E-state index is 0.292. The number of nitrogens with two attached hydrogens (primary N) is 1. The second-order valence-electron chi connectivity index (χ2n) is 7.97. The summed E-state index contributed by atoms with van der Waals surface area (Å²) in [7, 11) is 0. The number of carboxylic acid groups (broad SMARTS) is 1. The van der Waals surface area contributed by atoms with Gasteiger partial charge in [-0.2, -0.15) is 23.5 Å². The summed E-state index contributed by atoms with van der Waals surface area (Å²) in [4.78, 5) is 52.3. The van der Waals surface area contributed by atoms with Gasteiger partial charge in [-0.1, -0.05) is 18.2 Å². The van der Waals surface area contributed by atoms with Crippen LogP contribution < -0.4 is 21.7 Å². The molecule has 0 spiro atoms. The molecule has 35 heavy (non-hydrogen) atoms. The minimum atomic E-state index is -1.18. The number of hydrogen-bond acceptors (Lipinski definition) is 7. The third-order valence-corrected chi connectivity index (χ3v) is 6.64. The smallest absolute Gasteiger partial charge is 0.322 e. The van der Waals surface area contributed by atoms with E-state index in [4.69, 9.17) is 10.8 Å². The number of para-hydroxylation sites is 1. The highest BCUT2D eigenvalue weighted by Gasteiger charge is 2.28. The van der Waals surface area contributed by atoms with Crippen LogP contribution in [0.2, 0.25) is 0 Å². The molecule has 0 saturated heterocycles. The molecule has 3 atom stereocenters. The predicted molar refractivity (Wildman–Crippen MR) is 140 cm³/mol. The number of carbonyl (C=O) groups excluding carboxylic acids is 3. The van der Waals surface area contributed by atoms with E-state index in [1.165, 1.54) is 23.5 Å². The Labute approximate surface area is 212 Å². The lowest BCUT2D eigenvalue weighted by molar-refractivity contribution is -0.138. The zero-order valence-electron chi connectivity index (χ0n) is 19.8. The number of carboxylic acids is 1. The number of benzene rings is 1. The lowest BCUT2D eigenvalue weighted by Crippen LogP contribution is -2.56. The lowest BCUT2D eigenvalue weighted by Gasteiger charge is -2.24. The van der Waals surface area contributed by atoms with E-state index in [1.54, 1.807) is 0 Å². The highest BCUT2D eigenvalue weighted by atomic mass is 32.2. The first-order valence-electron chi connectivity index (χ1n) is 11.2. The van der Waals surface area contributed by atoms with E-state index in [0.717, 1.165) is 16.5 Å². The number of rotatable bonds is 15. The number of amides is 3. The van der Waals surface area contributed by atoms with E-state index >= 15 is 0 Å².